The molecule has 0 aliphatic carbocycles. The zero-order chi connectivity index (χ0) is 20.6. The summed E-state index contributed by atoms with van der Waals surface area (Å²) < 4.78 is 17.7. The predicted molar refractivity (Wildman–Crippen MR) is 118 cm³/mol. The van der Waals surface area contributed by atoms with Crippen LogP contribution in [0.4, 0.5) is 5.82 Å². The molecule has 0 fully saturated rings. The van der Waals surface area contributed by atoms with Crippen LogP contribution in [0.3, 0.4) is 0 Å². The maximum absolute atomic E-state index is 12.2. The number of rotatable bonds is 4. The van der Waals surface area contributed by atoms with E-state index >= 15 is 0 Å². The first-order chi connectivity index (χ1) is 13.8. The summed E-state index contributed by atoms with van der Waals surface area (Å²) in [6, 6.07) is 12.0. The maximum Gasteiger partial charge on any atom is 0.151 e. The highest BCUT2D eigenvalue weighted by molar-refractivity contribution is 7.91. The van der Waals surface area contributed by atoms with Crippen LogP contribution in [-0.4, -0.2) is 35.1 Å². The first kappa shape index (κ1) is 19.4. The highest BCUT2D eigenvalue weighted by Crippen LogP contribution is 2.31. The Kier molecular flexibility index (Phi) is 4.97. The van der Waals surface area contributed by atoms with Crippen LogP contribution in [-0.2, 0) is 17.8 Å². The molecule has 148 valence electrons. The number of nitrogen functional groups attached to an aromatic ring is 1. The summed E-state index contributed by atoms with van der Waals surface area (Å²) >= 11 is -1.30. The second-order valence-corrected chi connectivity index (χ2v) is 9.66. The minimum Gasteiger partial charge on any atom is -0.591 e. The van der Waals surface area contributed by atoms with Gasteiger partial charge in [0.2, 0.25) is 0 Å². The summed E-state index contributed by atoms with van der Waals surface area (Å²) in [5.74, 6) is 0.393. The van der Waals surface area contributed by atoms with Crippen molar-refractivity contribution in [2.45, 2.75) is 31.9 Å². The van der Waals surface area contributed by atoms with Gasteiger partial charge in [0.05, 0.1) is 11.7 Å². The average Bonchev–Trinajstić information content (AvgIpc) is 3.07. The van der Waals surface area contributed by atoms with E-state index in [2.05, 4.69) is 25.5 Å². The molecule has 3 heterocycles. The molecule has 0 unspecified atom stereocenters. The Morgan fingerprint density at radius 2 is 2.00 bits per heavy atom. The quantitative estimate of drug-likeness (QED) is 0.412. The van der Waals surface area contributed by atoms with E-state index in [1.165, 1.54) is 6.33 Å². The minimum atomic E-state index is -1.30. The van der Waals surface area contributed by atoms with Crippen molar-refractivity contribution >= 4 is 39.8 Å². The molecule has 8 heteroatoms. The van der Waals surface area contributed by atoms with Crippen molar-refractivity contribution in [3.05, 3.63) is 54.6 Å². The Morgan fingerprint density at radius 1 is 1.21 bits per heavy atom. The first-order valence-corrected chi connectivity index (χ1v) is 10.4. The number of anilines is 1. The Balaban J connectivity index is 1.78. The summed E-state index contributed by atoms with van der Waals surface area (Å²) in [5.41, 5.74) is 10.6. The van der Waals surface area contributed by atoms with Crippen molar-refractivity contribution in [3.8, 4) is 11.1 Å². The van der Waals surface area contributed by atoms with Crippen LogP contribution in [0.2, 0.25) is 0 Å². The summed E-state index contributed by atoms with van der Waals surface area (Å²) in [5, 5.41) is 5.41. The molecule has 0 amide bonds. The van der Waals surface area contributed by atoms with Gasteiger partial charge < -0.3 is 10.3 Å². The van der Waals surface area contributed by atoms with Gasteiger partial charge in [-0.15, -0.1) is 0 Å². The molecule has 0 radical (unpaired) electrons. The second-order valence-electron chi connectivity index (χ2n) is 7.73. The third kappa shape index (κ3) is 3.81. The lowest BCUT2D eigenvalue weighted by molar-refractivity contribution is 0.561. The minimum absolute atomic E-state index is 0.393. The van der Waals surface area contributed by atoms with E-state index in [4.69, 9.17) is 5.73 Å². The normalized spacial score (nSPS) is 13.5. The fourth-order valence-corrected chi connectivity index (χ4v) is 3.60. The van der Waals surface area contributed by atoms with E-state index in [1.54, 1.807) is 10.7 Å². The maximum atomic E-state index is 12.2. The smallest absolute Gasteiger partial charge is 0.151 e. The zero-order valence-electron chi connectivity index (χ0n) is 16.5. The number of pyridine rings is 1. The van der Waals surface area contributed by atoms with Gasteiger partial charge in [-0.25, -0.2) is 9.50 Å². The van der Waals surface area contributed by atoms with Crippen molar-refractivity contribution in [2.75, 3.05) is 5.73 Å². The largest absolute Gasteiger partial charge is 0.591 e. The van der Waals surface area contributed by atoms with E-state index in [1.807, 2.05) is 57.3 Å². The standard InChI is InChI=1S/C21H22N6OS/c1-21(2,3)29(28)26-9-8-16-11-17(19-20(22)24-13-25-27(16)19)15-10-14-6-4-5-7-18(14)23-12-15/h4-7,9-13H,8H2,1-3H3,(H2,22,24,25)/b26-9+/t29-/m1/s1. The van der Waals surface area contributed by atoms with Crippen LogP contribution >= 0.6 is 0 Å². The number of para-hydroxylation sites is 1. The molecule has 29 heavy (non-hydrogen) atoms. The molecule has 0 aliphatic rings. The van der Waals surface area contributed by atoms with Gasteiger partial charge in [-0.1, -0.05) is 22.6 Å². The summed E-state index contributed by atoms with van der Waals surface area (Å²) in [6.07, 6.45) is 5.40. The van der Waals surface area contributed by atoms with E-state index in [0.29, 0.717) is 12.2 Å². The molecule has 0 aliphatic heterocycles. The molecule has 0 spiro atoms. The number of nitrogens with zero attached hydrogens (tertiary/aromatic N) is 5. The number of aromatic nitrogens is 4. The van der Waals surface area contributed by atoms with E-state index in [0.717, 1.165) is 33.2 Å². The van der Waals surface area contributed by atoms with Crippen molar-refractivity contribution in [1.29, 1.82) is 0 Å². The summed E-state index contributed by atoms with van der Waals surface area (Å²) in [6.45, 7) is 5.68. The number of benzene rings is 1. The number of fused-ring (bicyclic) bond motifs is 2. The molecule has 0 bridgehead atoms. The monoisotopic (exact) mass is 406 g/mol. The third-order valence-corrected chi connectivity index (χ3v) is 5.94. The van der Waals surface area contributed by atoms with E-state index in [9.17, 15) is 4.55 Å². The molecule has 0 saturated carbocycles. The van der Waals surface area contributed by atoms with E-state index in [-0.39, 0.29) is 0 Å². The van der Waals surface area contributed by atoms with Gasteiger partial charge in [-0.3, -0.25) is 4.98 Å². The molecule has 4 rings (SSSR count). The summed E-state index contributed by atoms with van der Waals surface area (Å²) in [4.78, 5) is 8.71. The van der Waals surface area contributed by atoms with Gasteiger partial charge >= 0.3 is 0 Å². The Labute approximate surface area is 172 Å². The van der Waals surface area contributed by atoms with Crippen LogP contribution in [0.1, 0.15) is 26.5 Å². The lowest BCUT2D eigenvalue weighted by Crippen LogP contribution is -2.25. The lowest BCUT2D eigenvalue weighted by atomic mass is 10.1. The van der Waals surface area contributed by atoms with Crippen LogP contribution in [0.15, 0.2) is 53.3 Å². The average molecular weight is 407 g/mol. The number of nitrogens with two attached hydrogens (primary N) is 1. The molecule has 2 N–H and O–H groups in total. The van der Waals surface area contributed by atoms with Crippen LogP contribution in [0, 0.1) is 0 Å². The van der Waals surface area contributed by atoms with Gasteiger partial charge in [-0.05, 0) is 39.0 Å². The molecular formula is C21H22N6OS. The third-order valence-electron chi connectivity index (χ3n) is 4.55. The Bertz CT molecular complexity index is 1210. The Morgan fingerprint density at radius 3 is 2.79 bits per heavy atom. The predicted octanol–water partition coefficient (Wildman–Crippen LogP) is 3.60. The fraction of sp³-hybridized carbons (Fsp3) is 0.238. The van der Waals surface area contributed by atoms with Crippen LogP contribution < -0.4 is 5.73 Å². The molecular weight excluding hydrogens is 384 g/mol. The molecule has 4 aromatic rings. The highest BCUT2D eigenvalue weighted by Gasteiger charge is 2.25. The van der Waals surface area contributed by atoms with Gasteiger partial charge in [-0.2, -0.15) is 5.10 Å². The van der Waals surface area contributed by atoms with Crippen LogP contribution in [0.25, 0.3) is 27.5 Å². The molecule has 3 aromatic heterocycles. The summed E-state index contributed by atoms with van der Waals surface area (Å²) in [7, 11) is 0. The van der Waals surface area contributed by atoms with Gasteiger partial charge in [0.25, 0.3) is 0 Å². The van der Waals surface area contributed by atoms with Crippen LogP contribution in [0.5, 0.6) is 0 Å². The number of hydrogen-bond acceptors (Lipinski definition) is 6. The van der Waals surface area contributed by atoms with Gasteiger partial charge in [0.15, 0.2) is 5.82 Å². The molecule has 1 aromatic carbocycles. The van der Waals surface area contributed by atoms with Crippen molar-refractivity contribution in [1.82, 2.24) is 19.6 Å². The Hall–Kier alpha value is -2.97. The van der Waals surface area contributed by atoms with E-state index < -0.39 is 16.1 Å². The van der Waals surface area contributed by atoms with Gasteiger partial charge in [0.1, 0.15) is 28.0 Å². The van der Waals surface area contributed by atoms with Gasteiger partial charge in [0, 0.05) is 34.8 Å². The first-order valence-electron chi connectivity index (χ1n) is 9.25. The molecule has 7 nitrogen and oxygen atoms in total. The topological polar surface area (TPSA) is 105 Å². The molecule has 0 saturated heterocycles. The molecule has 1 atom stereocenters. The highest BCUT2D eigenvalue weighted by atomic mass is 32.2. The zero-order valence-corrected chi connectivity index (χ0v) is 17.3. The SMILES string of the molecule is CC(C)(C)[S@@+]([O-])/N=C/Cc1cc(-c2cnc3ccccc3c2)c2c(N)ncnn12. The second kappa shape index (κ2) is 7.46. The lowest BCUT2D eigenvalue weighted by Gasteiger charge is -2.17. The van der Waals surface area contributed by atoms with Crippen molar-refractivity contribution in [3.63, 3.8) is 0 Å². The van der Waals surface area contributed by atoms with Crippen molar-refractivity contribution < 1.29 is 4.55 Å². The number of hydrogen-bond donors (Lipinski definition) is 1. The van der Waals surface area contributed by atoms with Crippen molar-refractivity contribution in [2.24, 2.45) is 4.40 Å². The fourth-order valence-electron chi connectivity index (χ4n) is 3.07.